The summed E-state index contributed by atoms with van der Waals surface area (Å²) in [4.78, 5) is 4.83. The molecule has 3 aliphatic rings. The predicted octanol–water partition coefficient (Wildman–Crippen LogP) is 2.50. The maximum atomic E-state index is 10.1. The summed E-state index contributed by atoms with van der Waals surface area (Å²) < 4.78 is 11.3. The average molecular weight is 349 g/mol. The van der Waals surface area contributed by atoms with E-state index in [4.69, 9.17) is 14.5 Å². The standard InChI is InChI=1S/C19H19N5O2/c20-8-13-16(12-2-1-3-15-18(12)26-10-25-15)14-9-22-24-19(14)23-17(13)11-4-6-21-7-5-11/h1-3,9,11,13,16,21H,4-7,10H2,(H,22,24). The highest BCUT2D eigenvalue weighted by molar-refractivity contribution is 5.96. The van der Waals surface area contributed by atoms with Crippen molar-refractivity contribution in [3.05, 3.63) is 35.5 Å². The van der Waals surface area contributed by atoms with E-state index in [1.807, 2.05) is 18.2 Å². The molecular formula is C19H19N5O2. The number of nitrogens with zero attached hydrogens (tertiary/aromatic N) is 3. The first-order chi connectivity index (χ1) is 12.9. The minimum atomic E-state index is -0.334. The molecule has 132 valence electrons. The number of benzene rings is 1. The lowest BCUT2D eigenvalue weighted by Crippen LogP contribution is -2.37. The smallest absolute Gasteiger partial charge is 0.231 e. The Morgan fingerprint density at radius 3 is 2.88 bits per heavy atom. The molecule has 0 amide bonds. The van der Waals surface area contributed by atoms with Crippen LogP contribution in [0.15, 0.2) is 29.4 Å². The van der Waals surface area contributed by atoms with Crippen LogP contribution in [0.4, 0.5) is 5.82 Å². The molecule has 4 heterocycles. The normalized spacial score (nSPS) is 24.7. The van der Waals surface area contributed by atoms with Gasteiger partial charge in [0.15, 0.2) is 17.3 Å². The van der Waals surface area contributed by atoms with Gasteiger partial charge in [-0.05, 0) is 32.0 Å². The van der Waals surface area contributed by atoms with Gasteiger partial charge < -0.3 is 14.8 Å². The van der Waals surface area contributed by atoms with E-state index in [0.717, 1.165) is 60.1 Å². The lowest BCUT2D eigenvalue weighted by molar-refractivity contribution is 0.173. The number of hydrogen-bond acceptors (Lipinski definition) is 6. The highest BCUT2D eigenvalue weighted by atomic mass is 16.7. The topological polar surface area (TPSA) is 95.3 Å². The summed E-state index contributed by atoms with van der Waals surface area (Å²) in [6, 6.07) is 8.40. The van der Waals surface area contributed by atoms with Gasteiger partial charge >= 0.3 is 0 Å². The molecule has 2 atom stereocenters. The fraction of sp³-hybridized carbons (Fsp3) is 0.421. The third kappa shape index (κ3) is 2.30. The SMILES string of the molecule is N#CC1C(C2CCNCC2)=Nc2[nH]ncc2C1c1cccc2c1OCO2. The summed E-state index contributed by atoms with van der Waals surface area (Å²) >= 11 is 0. The summed E-state index contributed by atoms with van der Waals surface area (Å²) in [6.07, 6.45) is 3.78. The van der Waals surface area contributed by atoms with Crippen LogP contribution in [0.2, 0.25) is 0 Å². The third-order valence-corrected chi connectivity index (χ3v) is 5.53. The van der Waals surface area contributed by atoms with Crippen LogP contribution in [0.1, 0.15) is 29.9 Å². The fourth-order valence-corrected chi connectivity index (χ4v) is 4.30. The minimum absolute atomic E-state index is 0.159. The van der Waals surface area contributed by atoms with Gasteiger partial charge in [0.1, 0.15) is 0 Å². The van der Waals surface area contributed by atoms with Crippen LogP contribution in [0.3, 0.4) is 0 Å². The number of aromatic nitrogens is 2. The molecule has 1 aromatic carbocycles. The zero-order chi connectivity index (χ0) is 17.5. The Kier molecular flexibility index (Phi) is 3.64. The van der Waals surface area contributed by atoms with Gasteiger partial charge in [-0.25, -0.2) is 4.99 Å². The van der Waals surface area contributed by atoms with Crippen LogP contribution in [0.5, 0.6) is 11.5 Å². The predicted molar refractivity (Wildman–Crippen MR) is 94.8 cm³/mol. The molecule has 1 aromatic heterocycles. The van der Waals surface area contributed by atoms with Gasteiger partial charge in [0.25, 0.3) is 0 Å². The van der Waals surface area contributed by atoms with Crippen LogP contribution in [-0.4, -0.2) is 35.8 Å². The second-order valence-corrected chi connectivity index (χ2v) is 6.90. The Balaban J connectivity index is 1.65. The van der Waals surface area contributed by atoms with Crippen LogP contribution in [0, 0.1) is 23.2 Å². The molecule has 7 heteroatoms. The number of para-hydroxylation sites is 1. The summed E-state index contributed by atoms with van der Waals surface area (Å²) in [5.41, 5.74) is 2.88. The average Bonchev–Trinajstić information content (AvgIpc) is 3.36. The number of nitrogens with one attached hydrogen (secondary N) is 2. The highest BCUT2D eigenvalue weighted by Crippen LogP contribution is 2.49. The van der Waals surface area contributed by atoms with Crippen molar-refractivity contribution in [3.8, 4) is 17.6 Å². The largest absolute Gasteiger partial charge is 0.454 e. The van der Waals surface area contributed by atoms with Crippen LogP contribution < -0.4 is 14.8 Å². The lowest BCUT2D eigenvalue weighted by Gasteiger charge is -2.33. The zero-order valence-corrected chi connectivity index (χ0v) is 14.2. The fourth-order valence-electron chi connectivity index (χ4n) is 4.30. The quantitative estimate of drug-likeness (QED) is 0.868. The minimum Gasteiger partial charge on any atom is -0.454 e. The maximum Gasteiger partial charge on any atom is 0.231 e. The maximum absolute atomic E-state index is 10.1. The van der Waals surface area contributed by atoms with Crippen molar-refractivity contribution in [2.75, 3.05) is 19.9 Å². The number of H-pyrrole nitrogens is 1. The number of aliphatic imine (C=N–C) groups is 1. The number of fused-ring (bicyclic) bond motifs is 2. The van der Waals surface area contributed by atoms with E-state index < -0.39 is 0 Å². The summed E-state index contributed by atoms with van der Waals surface area (Å²) in [5, 5.41) is 20.7. The van der Waals surface area contributed by atoms with Crippen LogP contribution in [-0.2, 0) is 0 Å². The number of piperidine rings is 1. The first-order valence-corrected chi connectivity index (χ1v) is 8.97. The number of hydrogen-bond donors (Lipinski definition) is 2. The van der Waals surface area contributed by atoms with E-state index in [2.05, 4.69) is 21.6 Å². The van der Waals surface area contributed by atoms with Crippen molar-refractivity contribution in [2.24, 2.45) is 16.8 Å². The molecular weight excluding hydrogens is 330 g/mol. The van der Waals surface area contributed by atoms with Gasteiger partial charge in [0, 0.05) is 28.7 Å². The van der Waals surface area contributed by atoms with Gasteiger partial charge in [0.05, 0.1) is 18.2 Å². The van der Waals surface area contributed by atoms with E-state index in [9.17, 15) is 5.26 Å². The van der Waals surface area contributed by atoms with Crippen molar-refractivity contribution < 1.29 is 9.47 Å². The molecule has 7 nitrogen and oxygen atoms in total. The van der Waals surface area contributed by atoms with Crippen LogP contribution in [0.25, 0.3) is 0 Å². The van der Waals surface area contributed by atoms with Gasteiger partial charge in [0.2, 0.25) is 6.79 Å². The molecule has 0 aliphatic carbocycles. The first kappa shape index (κ1) is 15.4. The van der Waals surface area contributed by atoms with E-state index in [1.165, 1.54) is 0 Å². The van der Waals surface area contributed by atoms with E-state index in [1.54, 1.807) is 6.20 Å². The molecule has 2 aromatic rings. The second kappa shape index (κ2) is 6.15. The molecule has 2 N–H and O–H groups in total. The third-order valence-electron chi connectivity index (χ3n) is 5.53. The molecule has 0 bridgehead atoms. The van der Waals surface area contributed by atoms with Crippen molar-refractivity contribution in [2.45, 2.75) is 18.8 Å². The molecule has 5 rings (SSSR count). The van der Waals surface area contributed by atoms with E-state index in [0.29, 0.717) is 5.92 Å². The molecule has 0 saturated carbocycles. The highest BCUT2D eigenvalue weighted by Gasteiger charge is 2.41. The molecule has 1 saturated heterocycles. The first-order valence-electron chi connectivity index (χ1n) is 8.97. The molecule has 0 radical (unpaired) electrons. The molecule has 0 spiro atoms. The number of ether oxygens (including phenoxy) is 2. The zero-order valence-electron chi connectivity index (χ0n) is 14.2. The molecule has 2 unspecified atom stereocenters. The Labute approximate surface area is 151 Å². The Morgan fingerprint density at radius 1 is 1.15 bits per heavy atom. The summed E-state index contributed by atoms with van der Waals surface area (Å²) in [6.45, 7) is 2.13. The lowest BCUT2D eigenvalue weighted by atomic mass is 9.73. The van der Waals surface area contributed by atoms with Crippen LogP contribution >= 0.6 is 0 Å². The van der Waals surface area contributed by atoms with Crippen molar-refractivity contribution >= 4 is 11.5 Å². The summed E-state index contributed by atoms with van der Waals surface area (Å²) in [5.74, 6) is 2.04. The van der Waals surface area contributed by atoms with Crippen molar-refractivity contribution in [3.63, 3.8) is 0 Å². The summed E-state index contributed by atoms with van der Waals surface area (Å²) in [7, 11) is 0. The molecule has 1 fully saturated rings. The van der Waals surface area contributed by atoms with Gasteiger partial charge in [-0.2, -0.15) is 10.4 Å². The van der Waals surface area contributed by atoms with E-state index >= 15 is 0 Å². The monoisotopic (exact) mass is 349 g/mol. The number of aromatic amines is 1. The van der Waals surface area contributed by atoms with Gasteiger partial charge in [-0.1, -0.05) is 12.1 Å². The Bertz CT molecular complexity index is 907. The Hall–Kier alpha value is -2.85. The van der Waals surface area contributed by atoms with Crippen molar-refractivity contribution in [1.29, 1.82) is 5.26 Å². The second-order valence-electron chi connectivity index (χ2n) is 6.90. The Morgan fingerprint density at radius 2 is 2.04 bits per heavy atom. The van der Waals surface area contributed by atoms with Gasteiger partial charge in [-0.15, -0.1) is 0 Å². The molecule has 26 heavy (non-hydrogen) atoms. The number of rotatable bonds is 2. The molecule has 3 aliphatic heterocycles. The number of nitriles is 1. The van der Waals surface area contributed by atoms with E-state index in [-0.39, 0.29) is 18.6 Å². The van der Waals surface area contributed by atoms with Crippen molar-refractivity contribution in [1.82, 2.24) is 15.5 Å². The van der Waals surface area contributed by atoms with Gasteiger partial charge in [-0.3, -0.25) is 5.10 Å².